The lowest BCUT2D eigenvalue weighted by Gasteiger charge is -2.31. The van der Waals surface area contributed by atoms with E-state index in [9.17, 15) is 9.18 Å². The molecule has 1 heterocycles. The van der Waals surface area contributed by atoms with E-state index < -0.39 is 12.3 Å². The SMILES string of the molecule is NCCN(CN)C1=CC=C(N2CC(CN)OC2=O)CC1F. The molecule has 21 heavy (non-hydrogen) atoms. The van der Waals surface area contributed by atoms with Gasteiger partial charge in [-0.05, 0) is 12.2 Å². The summed E-state index contributed by atoms with van der Waals surface area (Å²) in [5, 5.41) is 0. The molecule has 7 nitrogen and oxygen atoms in total. The number of hydrogen-bond acceptors (Lipinski definition) is 6. The second-order valence-electron chi connectivity index (χ2n) is 5.01. The van der Waals surface area contributed by atoms with E-state index in [0.717, 1.165) is 0 Å². The van der Waals surface area contributed by atoms with Gasteiger partial charge in [0.25, 0.3) is 0 Å². The van der Waals surface area contributed by atoms with Crippen molar-refractivity contribution < 1.29 is 13.9 Å². The van der Waals surface area contributed by atoms with Gasteiger partial charge in [-0.15, -0.1) is 0 Å². The smallest absolute Gasteiger partial charge is 0.414 e. The summed E-state index contributed by atoms with van der Waals surface area (Å²) >= 11 is 0. The highest BCUT2D eigenvalue weighted by atomic mass is 19.1. The van der Waals surface area contributed by atoms with Crippen LogP contribution in [0.4, 0.5) is 9.18 Å². The molecule has 8 heteroatoms. The fraction of sp³-hybridized carbons (Fsp3) is 0.615. The van der Waals surface area contributed by atoms with Crippen LogP contribution in [-0.2, 0) is 4.74 Å². The number of nitrogens with two attached hydrogens (primary N) is 3. The summed E-state index contributed by atoms with van der Waals surface area (Å²) in [7, 11) is 0. The summed E-state index contributed by atoms with van der Waals surface area (Å²) in [6.07, 6.45) is 1.46. The molecule has 1 fully saturated rings. The van der Waals surface area contributed by atoms with Crippen LogP contribution >= 0.6 is 0 Å². The summed E-state index contributed by atoms with van der Waals surface area (Å²) < 4.78 is 19.4. The third kappa shape index (κ3) is 3.34. The van der Waals surface area contributed by atoms with Crippen molar-refractivity contribution in [3.05, 3.63) is 23.5 Å². The molecule has 2 unspecified atom stereocenters. The Kier molecular flexibility index (Phi) is 5.16. The Morgan fingerprint density at radius 2 is 2.14 bits per heavy atom. The molecule has 0 aromatic carbocycles. The van der Waals surface area contributed by atoms with Gasteiger partial charge in [0.1, 0.15) is 12.3 Å². The normalized spacial score (nSPS) is 25.5. The Morgan fingerprint density at radius 3 is 2.67 bits per heavy atom. The second kappa shape index (κ2) is 6.88. The lowest BCUT2D eigenvalue weighted by atomic mass is 10.0. The van der Waals surface area contributed by atoms with Crippen LogP contribution in [0, 0.1) is 0 Å². The average Bonchev–Trinajstić information content (AvgIpc) is 2.86. The Labute approximate surface area is 123 Å². The fourth-order valence-corrected chi connectivity index (χ4v) is 2.51. The summed E-state index contributed by atoms with van der Waals surface area (Å²) in [6, 6.07) is 0. The monoisotopic (exact) mass is 299 g/mol. The molecular weight excluding hydrogens is 277 g/mol. The molecule has 0 bridgehead atoms. The molecule has 1 aliphatic heterocycles. The molecule has 1 amide bonds. The van der Waals surface area contributed by atoms with Crippen LogP contribution in [-0.4, -0.2) is 61.0 Å². The first kappa shape index (κ1) is 15.7. The van der Waals surface area contributed by atoms with E-state index in [1.807, 2.05) is 0 Å². The van der Waals surface area contributed by atoms with Crippen LogP contribution in [0.3, 0.4) is 0 Å². The highest BCUT2D eigenvalue weighted by Crippen LogP contribution is 2.28. The zero-order chi connectivity index (χ0) is 15.4. The van der Waals surface area contributed by atoms with E-state index in [-0.39, 0.29) is 25.7 Å². The van der Waals surface area contributed by atoms with Crippen molar-refractivity contribution in [2.45, 2.75) is 18.7 Å². The Hall–Kier alpha value is -1.64. The molecule has 1 saturated heterocycles. The maximum atomic E-state index is 14.4. The van der Waals surface area contributed by atoms with Gasteiger partial charge in [0.05, 0.1) is 13.2 Å². The van der Waals surface area contributed by atoms with Crippen LogP contribution in [0.1, 0.15) is 6.42 Å². The lowest BCUT2D eigenvalue weighted by molar-refractivity contribution is 0.137. The van der Waals surface area contributed by atoms with Crippen LogP contribution in [0.25, 0.3) is 0 Å². The summed E-state index contributed by atoms with van der Waals surface area (Å²) in [5.41, 5.74) is 17.7. The second-order valence-corrected chi connectivity index (χ2v) is 5.01. The van der Waals surface area contributed by atoms with Crippen LogP contribution in [0.15, 0.2) is 23.5 Å². The van der Waals surface area contributed by atoms with Gasteiger partial charge in [-0.2, -0.15) is 0 Å². The minimum Gasteiger partial charge on any atom is -0.443 e. The van der Waals surface area contributed by atoms with Crippen molar-refractivity contribution in [1.29, 1.82) is 0 Å². The minimum absolute atomic E-state index is 0.110. The molecule has 118 valence electrons. The van der Waals surface area contributed by atoms with Crippen LogP contribution < -0.4 is 17.2 Å². The number of allylic oxidation sites excluding steroid dienone is 4. The molecule has 1 aliphatic carbocycles. The maximum Gasteiger partial charge on any atom is 0.414 e. The molecule has 2 rings (SSSR count). The molecular formula is C13H22FN5O2. The fourth-order valence-electron chi connectivity index (χ4n) is 2.51. The van der Waals surface area contributed by atoms with Crippen molar-refractivity contribution in [2.75, 3.05) is 32.8 Å². The van der Waals surface area contributed by atoms with Crippen molar-refractivity contribution in [3.8, 4) is 0 Å². The molecule has 6 N–H and O–H groups in total. The number of amides is 1. The van der Waals surface area contributed by atoms with Gasteiger partial charge in [0, 0.05) is 37.4 Å². The molecule has 2 aliphatic rings. The number of carbonyl (C=O) groups excluding carboxylic acids is 1. The van der Waals surface area contributed by atoms with E-state index >= 15 is 0 Å². The standard InChI is InChI=1S/C13H22FN5O2/c14-11-5-9(19-7-10(6-16)21-13(19)20)1-2-12(11)18(8-17)4-3-15/h1-2,10-11H,3-8,15-17H2. The van der Waals surface area contributed by atoms with E-state index in [1.54, 1.807) is 17.1 Å². The van der Waals surface area contributed by atoms with Gasteiger partial charge in [-0.25, -0.2) is 9.18 Å². The lowest BCUT2D eigenvalue weighted by Crippen LogP contribution is -2.39. The number of carbonyl (C=O) groups is 1. The van der Waals surface area contributed by atoms with E-state index in [4.69, 9.17) is 21.9 Å². The quantitative estimate of drug-likeness (QED) is 0.568. The van der Waals surface area contributed by atoms with Gasteiger partial charge in [0.15, 0.2) is 0 Å². The topological polar surface area (TPSA) is 111 Å². The third-order valence-electron chi connectivity index (χ3n) is 3.62. The Balaban J connectivity index is 2.12. The van der Waals surface area contributed by atoms with Crippen molar-refractivity contribution in [1.82, 2.24) is 9.80 Å². The molecule has 0 aromatic heterocycles. The number of halogens is 1. The predicted octanol–water partition coefficient (Wildman–Crippen LogP) is -0.548. The largest absolute Gasteiger partial charge is 0.443 e. The number of nitrogens with zero attached hydrogens (tertiary/aromatic N) is 2. The van der Waals surface area contributed by atoms with Gasteiger partial charge in [-0.3, -0.25) is 4.90 Å². The van der Waals surface area contributed by atoms with Gasteiger partial charge < -0.3 is 26.8 Å². The van der Waals surface area contributed by atoms with Crippen LogP contribution in [0.2, 0.25) is 0 Å². The van der Waals surface area contributed by atoms with Crippen molar-refractivity contribution in [2.24, 2.45) is 17.2 Å². The van der Waals surface area contributed by atoms with E-state index in [1.165, 1.54) is 4.90 Å². The maximum absolute atomic E-state index is 14.4. The molecule has 0 saturated carbocycles. The number of alkyl halides is 1. The average molecular weight is 299 g/mol. The first-order chi connectivity index (χ1) is 10.1. The number of ether oxygens (including phenoxy) is 1. The van der Waals surface area contributed by atoms with Crippen molar-refractivity contribution >= 4 is 6.09 Å². The Bertz CT molecular complexity index is 454. The highest BCUT2D eigenvalue weighted by molar-refractivity contribution is 5.72. The third-order valence-corrected chi connectivity index (χ3v) is 3.62. The number of hydrogen-bond donors (Lipinski definition) is 3. The van der Waals surface area contributed by atoms with Gasteiger partial charge in [-0.1, -0.05) is 0 Å². The molecule has 2 atom stereocenters. The van der Waals surface area contributed by atoms with E-state index in [2.05, 4.69) is 0 Å². The van der Waals surface area contributed by atoms with Gasteiger partial charge in [0.2, 0.25) is 0 Å². The zero-order valence-electron chi connectivity index (χ0n) is 11.9. The first-order valence-corrected chi connectivity index (χ1v) is 6.98. The molecule has 0 radical (unpaired) electrons. The summed E-state index contributed by atoms with van der Waals surface area (Å²) in [6.45, 7) is 1.71. The number of cyclic esters (lactones) is 1. The highest BCUT2D eigenvalue weighted by Gasteiger charge is 2.35. The molecule has 0 spiro atoms. The number of rotatable bonds is 6. The van der Waals surface area contributed by atoms with E-state index in [0.29, 0.717) is 31.0 Å². The molecule has 0 aromatic rings. The predicted molar refractivity (Wildman–Crippen MR) is 76.5 cm³/mol. The van der Waals surface area contributed by atoms with Gasteiger partial charge >= 0.3 is 6.09 Å². The summed E-state index contributed by atoms with van der Waals surface area (Å²) in [4.78, 5) is 14.9. The minimum atomic E-state index is -1.22. The van der Waals surface area contributed by atoms with Crippen molar-refractivity contribution in [3.63, 3.8) is 0 Å². The Morgan fingerprint density at radius 1 is 1.38 bits per heavy atom. The summed E-state index contributed by atoms with van der Waals surface area (Å²) in [5.74, 6) is 0. The van der Waals surface area contributed by atoms with Crippen LogP contribution in [0.5, 0.6) is 0 Å². The zero-order valence-corrected chi connectivity index (χ0v) is 11.9. The first-order valence-electron chi connectivity index (χ1n) is 6.98.